The first-order valence-corrected chi connectivity index (χ1v) is 7.11. The molecule has 0 spiro atoms. The first-order valence-electron chi connectivity index (χ1n) is 5.67. The third-order valence-electron chi connectivity index (χ3n) is 2.39. The summed E-state index contributed by atoms with van der Waals surface area (Å²) in [5.74, 6) is -0.123. The quantitative estimate of drug-likeness (QED) is 0.250. The van der Waals surface area contributed by atoms with E-state index in [4.69, 9.17) is 10.9 Å². The van der Waals surface area contributed by atoms with Gasteiger partial charge in [-0.1, -0.05) is 32.3 Å². The van der Waals surface area contributed by atoms with Crippen LogP contribution in [0.4, 0.5) is 0 Å². The molecule has 0 fully saturated rings. The summed E-state index contributed by atoms with van der Waals surface area (Å²) in [5.41, 5.74) is 5.45. The summed E-state index contributed by atoms with van der Waals surface area (Å²) in [6.07, 6.45) is 1.21. The van der Waals surface area contributed by atoms with Gasteiger partial charge in [-0.25, -0.2) is 0 Å². The van der Waals surface area contributed by atoms with Crippen molar-refractivity contribution in [2.75, 3.05) is 13.1 Å². The van der Waals surface area contributed by atoms with E-state index in [1.54, 1.807) is 13.8 Å². The molecule has 102 valence electrons. The Morgan fingerprint density at radius 1 is 1.41 bits per heavy atom. The van der Waals surface area contributed by atoms with Crippen molar-refractivity contribution >= 4 is 16.0 Å². The molecule has 1 unspecified atom stereocenters. The van der Waals surface area contributed by atoms with Crippen LogP contribution in [0.2, 0.25) is 0 Å². The minimum Gasteiger partial charge on any atom is -0.409 e. The van der Waals surface area contributed by atoms with Crippen LogP contribution in [0.25, 0.3) is 0 Å². The average Bonchev–Trinajstić information content (AvgIpc) is 2.28. The van der Waals surface area contributed by atoms with Crippen molar-refractivity contribution < 1.29 is 13.6 Å². The van der Waals surface area contributed by atoms with Crippen LogP contribution >= 0.6 is 0 Å². The van der Waals surface area contributed by atoms with E-state index in [-0.39, 0.29) is 5.84 Å². The molecule has 0 radical (unpaired) electrons. The number of oxime groups is 1. The molecule has 17 heavy (non-hydrogen) atoms. The fourth-order valence-corrected chi connectivity index (χ4v) is 2.87. The second-order valence-electron chi connectivity index (χ2n) is 3.57. The average molecular weight is 266 g/mol. The van der Waals surface area contributed by atoms with Crippen LogP contribution in [0.15, 0.2) is 5.16 Å². The Morgan fingerprint density at radius 3 is 2.29 bits per heavy atom. The number of hydrogen-bond acceptors (Lipinski definition) is 4. The van der Waals surface area contributed by atoms with Gasteiger partial charge < -0.3 is 10.9 Å². The van der Waals surface area contributed by atoms with E-state index in [9.17, 15) is 8.42 Å². The SMILES string of the molecule is CCCC(NS(=O)(=O)N(CC)CC)/C(N)=N/O. The van der Waals surface area contributed by atoms with Crippen LogP contribution in [0.1, 0.15) is 33.6 Å². The monoisotopic (exact) mass is 266 g/mol. The standard InChI is InChI=1S/C9H22N4O3S/c1-4-7-8(9(10)11-14)12-17(15,16)13(5-2)6-3/h8,12,14H,4-7H2,1-3H3,(H2,10,11). The van der Waals surface area contributed by atoms with Crippen molar-refractivity contribution in [3.05, 3.63) is 0 Å². The lowest BCUT2D eigenvalue weighted by atomic mass is 10.2. The zero-order valence-electron chi connectivity index (χ0n) is 10.5. The number of nitrogens with zero attached hydrogens (tertiary/aromatic N) is 2. The van der Waals surface area contributed by atoms with Crippen LogP contribution in [0, 0.1) is 0 Å². The van der Waals surface area contributed by atoms with Crippen LogP contribution in [0.3, 0.4) is 0 Å². The largest absolute Gasteiger partial charge is 0.409 e. The number of amidine groups is 1. The number of hydrogen-bond donors (Lipinski definition) is 3. The minimum atomic E-state index is -3.59. The second-order valence-corrected chi connectivity index (χ2v) is 5.28. The van der Waals surface area contributed by atoms with Gasteiger partial charge in [-0.05, 0) is 6.42 Å². The van der Waals surface area contributed by atoms with Crippen LogP contribution in [-0.2, 0) is 10.2 Å². The van der Waals surface area contributed by atoms with E-state index in [2.05, 4.69) is 9.88 Å². The third kappa shape index (κ3) is 4.88. The van der Waals surface area contributed by atoms with E-state index in [1.807, 2.05) is 6.92 Å². The van der Waals surface area contributed by atoms with E-state index in [0.29, 0.717) is 19.5 Å². The molecule has 8 heteroatoms. The Balaban J connectivity index is 4.86. The van der Waals surface area contributed by atoms with E-state index in [0.717, 1.165) is 6.42 Å². The van der Waals surface area contributed by atoms with Crippen molar-refractivity contribution in [1.29, 1.82) is 0 Å². The van der Waals surface area contributed by atoms with Gasteiger partial charge in [0.2, 0.25) is 0 Å². The Kier molecular flexibility index (Phi) is 7.09. The summed E-state index contributed by atoms with van der Waals surface area (Å²) in [7, 11) is -3.59. The molecular weight excluding hydrogens is 244 g/mol. The molecule has 0 aromatic rings. The number of nitrogens with two attached hydrogens (primary N) is 1. The van der Waals surface area contributed by atoms with E-state index < -0.39 is 16.3 Å². The van der Waals surface area contributed by atoms with Crippen LogP contribution in [-0.4, -0.2) is 42.9 Å². The Hall–Kier alpha value is -0.860. The molecular formula is C9H22N4O3S. The topological polar surface area (TPSA) is 108 Å². The smallest absolute Gasteiger partial charge is 0.280 e. The first-order chi connectivity index (χ1) is 7.92. The van der Waals surface area contributed by atoms with Gasteiger partial charge in [0.25, 0.3) is 10.2 Å². The summed E-state index contributed by atoms with van der Waals surface area (Å²) in [6, 6.07) is -0.671. The minimum absolute atomic E-state index is 0.123. The van der Waals surface area contributed by atoms with Crippen molar-refractivity contribution in [3.8, 4) is 0 Å². The van der Waals surface area contributed by atoms with Gasteiger partial charge in [-0.2, -0.15) is 17.4 Å². The highest BCUT2D eigenvalue weighted by atomic mass is 32.2. The summed E-state index contributed by atoms with van der Waals surface area (Å²) >= 11 is 0. The molecule has 0 heterocycles. The summed E-state index contributed by atoms with van der Waals surface area (Å²) in [4.78, 5) is 0. The van der Waals surface area contributed by atoms with Crippen LogP contribution < -0.4 is 10.5 Å². The lowest BCUT2D eigenvalue weighted by Gasteiger charge is -2.23. The molecule has 0 saturated heterocycles. The molecule has 0 aliphatic heterocycles. The van der Waals surface area contributed by atoms with Crippen molar-refractivity contribution in [2.24, 2.45) is 10.9 Å². The lowest BCUT2D eigenvalue weighted by molar-refractivity contribution is 0.314. The fraction of sp³-hybridized carbons (Fsp3) is 0.889. The molecule has 0 aliphatic rings. The molecule has 0 saturated carbocycles. The molecule has 7 nitrogen and oxygen atoms in total. The highest BCUT2D eigenvalue weighted by Gasteiger charge is 2.24. The van der Waals surface area contributed by atoms with Crippen LogP contribution in [0.5, 0.6) is 0 Å². The molecule has 0 bridgehead atoms. The summed E-state index contributed by atoms with van der Waals surface area (Å²) in [6.45, 7) is 6.15. The normalized spacial score (nSPS) is 15.2. The maximum Gasteiger partial charge on any atom is 0.280 e. The maximum atomic E-state index is 11.9. The molecule has 0 aliphatic carbocycles. The van der Waals surface area contributed by atoms with Crippen molar-refractivity contribution in [2.45, 2.75) is 39.7 Å². The highest BCUT2D eigenvalue weighted by Crippen LogP contribution is 2.03. The Labute approximate surface area is 103 Å². The molecule has 0 aromatic heterocycles. The number of rotatable bonds is 8. The zero-order chi connectivity index (χ0) is 13.5. The van der Waals surface area contributed by atoms with Gasteiger partial charge in [-0.15, -0.1) is 0 Å². The first kappa shape index (κ1) is 16.1. The molecule has 4 N–H and O–H groups in total. The fourth-order valence-electron chi connectivity index (χ4n) is 1.44. The van der Waals surface area contributed by atoms with Gasteiger partial charge in [0, 0.05) is 13.1 Å². The van der Waals surface area contributed by atoms with Gasteiger partial charge in [0.15, 0.2) is 5.84 Å². The summed E-state index contributed by atoms with van der Waals surface area (Å²) < 4.78 is 27.5. The van der Waals surface area contributed by atoms with Crippen molar-refractivity contribution in [1.82, 2.24) is 9.03 Å². The predicted octanol–water partition coefficient (Wildman–Crippen LogP) is 0.0777. The van der Waals surface area contributed by atoms with E-state index in [1.165, 1.54) is 4.31 Å². The summed E-state index contributed by atoms with van der Waals surface area (Å²) in [5, 5.41) is 11.4. The maximum absolute atomic E-state index is 11.9. The van der Waals surface area contributed by atoms with Gasteiger partial charge in [-0.3, -0.25) is 0 Å². The van der Waals surface area contributed by atoms with Gasteiger partial charge in [0.05, 0.1) is 6.04 Å². The van der Waals surface area contributed by atoms with E-state index >= 15 is 0 Å². The molecule has 0 rings (SSSR count). The predicted molar refractivity (Wildman–Crippen MR) is 67.1 cm³/mol. The second kappa shape index (κ2) is 7.46. The third-order valence-corrected chi connectivity index (χ3v) is 4.16. The van der Waals surface area contributed by atoms with Gasteiger partial charge in [0.1, 0.15) is 0 Å². The molecule has 1 atom stereocenters. The molecule has 0 amide bonds. The zero-order valence-corrected chi connectivity index (χ0v) is 11.4. The lowest BCUT2D eigenvalue weighted by Crippen LogP contribution is -2.50. The highest BCUT2D eigenvalue weighted by molar-refractivity contribution is 7.87. The number of nitrogens with one attached hydrogen (secondary N) is 1. The van der Waals surface area contributed by atoms with Gasteiger partial charge >= 0.3 is 0 Å². The Morgan fingerprint density at radius 2 is 1.94 bits per heavy atom. The van der Waals surface area contributed by atoms with Crippen molar-refractivity contribution in [3.63, 3.8) is 0 Å². The Bertz CT molecular complexity index is 338. The molecule has 0 aromatic carbocycles.